The summed E-state index contributed by atoms with van der Waals surface area (Å²) in [5.74, 6) is 0.350. The van der Waals surface area contributed by atoms with Gasteiger partial charge in [-0.2, -0.15) is 0 Å². The van der Waals surface area contributed by atoms with Gasteiger partial charge >= 0.3 is 6.03 Å². The number of hydrogen-bond acceptors (Lipinski definition) is 3. The van der Waals surface area contributed by atoms with Crippen LogP contribution in [0.5, 0.6) is 0 Å². The van der Waals surface area contributed by atoms with Crippen LogP contribution in [0.15, 0.2) is 41.3 Å². The topological polar surface area (TPSA) is 87.3 Å². The first-order chi connectivity index (χ1) is 12.6. The standard InChI is InChI=1S/C20H27N3O3S/c1-13(2)12-21-20(24)22-17-6-8-18(9-7-17)27(25,26)23-19-15(4)10-14(3)11-16(19)5/h6-11,13,23H,12H2,1-5H3,(H2,21,22,24). The Kier molecular flexibility index (Phi) is 6.49. The summed E-state index contributed by atoms with van der Waals surface area (Å²) in [5, 5.41) is 5.43. The molecule has 7 heteroatoms. The molecule has 2 aromatic rings. The minimum atomic E-state index is -3.72. The lowest BCUT2D eigenvalue weighted by molar-refractivity contribution is 0.251. The Labute approximate surface area is 161 Å². The Balaban J connectivity index is 2.13. The molecule has 146 valence electrons. The lowest BCUT2D eigenvalue weighted by atomic mass is 10.1. The fraction of sp³-hybridized carbons (Fsp3) is 0.350. The Hall–Kier alpha value is -2.54. The maximum absolute atomic E-state index is 12.7. The van der Waals surface area contributed by atoms with Crippen LogP contribution in [-0.2, 0) is 10.0 Å². The molecule has 0 aliphatic heterocycles. The van der Waals surface area contributed by atoms with E-state index in [1.807, 2.05) is 46.8 Å². The van der Waals surface area contributed by atoms with E-state index >= 15 is 0 Å². The highest BCUT2D eigenvalue weighted by atomic mass is 32.2. The maximum atomic E-state index is 12.7. The molecule has 0 fully saturated rings. The summed E-state index contributed by atoms with van der Waals surface area (Å²) < 4.78 is 28.0. The van der Waals surface area contributed by atoms with Gasteiger partial charge in [-0.1, -0.05) is 31.5 Å². The average Bonchev–Trinajstić information content (AvgIpc) is 2.57. The lowest BCUT2D eigenvalue weighted by Crippen LogP contribution is -2.31. The summed E-state index contributed by atoms with van der Waals surface area (Å²) in [7, 11) is -3.72. The third-order valence-electron chi connectivity index (χ3n) is 4.01. The fourth-order valence-electron chi connectivity index (χ4n) is 2.72. The summed E-state index contributed by atoms with van der Waals surface area (Å²) in [4.78, 5) is 11.9. The van der Waals surface area contributed by atoms with Crippen LogP contribution >= 0.6 is 0 Å². The van der Waals surface area contributed by atoms with Crippen LogP contribution in [0, 0.1) is 26.7 Å². The summed E-state index contributed by atoms with van der Waals surface area (Å²) >= 11 is 0. The molecule has 3 N–H and O–H groups in total. The molecule has 0 radical (unpaired) electrons. The molecule has 27 heavy (non-hydrogen) atoms. The van der Waals surface area contributed by atoms with Crippen molar-refractivity contribution in [2.24, 2.45) is 5.92 Å². The summed E-state index contributed by atoms with van der Waals surface area (Å²) in [6, 6.07) is 9.64. The first-order valence-electron chi connectivity index (χ1n) is 8.84. The predicted molar refractivity (Wildman–Crippen MR) is 110 cm³/mol. The van der Waals surface area contributed by atoms with Crippen LogP contribution in [0.3, 0.4) is 0 Å². The molecule has 0 spiro atoms. The fourth-order valence-corrected chi connectivity index (χ4v) is 3.93. The number of hydrogen-bond donors (Lipinski definition) is 3. The summed E-state index contributed by atoms with van der Waals surface area (Å²) in [6.45, 7) is 10.3. The van der Waals surface area contributed by atoms with Crippen LogP contribution in [0.4, 0.5) is 16.2 Å². The van der Waals surface area contributed by atoms with Gasteiger partial charge in [0.2, 0.25) is 0 Å². The number of urea groups is 1. The van der Waals surface area contributed by atoms with Crippen molar-refractivity contribution < 1.29 is 13.2 Å². The molecule has 0 heterocycles. The second-order valence-corrected chi connectivity index (χ2v) is 8.81. The van der Waals surface area contributed by atoms with Gasteiger partial charge in [-0.05, 0) is 62.1 Å². The van der Waals surface area contributed by atoms with Crippen LogP contribution in [0.1, 0.15) is 30.5 Å². The van der Waals surface area contributed by atoms with Crippen molar-refractivity contribution in [1.82, 2.24) is 5.32 Å². The van der Waals surface area contributed by atoms with E-state index in [2.05, 4.69) is 15.4 Å². The monoisotopic (exact) mass is 389 g/mol. The number of amides is 2. The minimum absolute atomic E-state index is 0.134. The van der Waals surface area contributed by atoms with E-state index in [1.54, 1.807) is 12.1 Å². The Bertz CT molecular complexity index is 897. The van der Waals surface area contributed by atoms with E-state index in [1.165, 1.54) is 12.1 Å². The number of rotatable bonds is 6. The van der Waals surface area contributed by atoms with Gasteiger partial charge in [-0.15, -0.1) is 0 Å². The first kappa shape index (κ1) is 20.8. The lowest BCUT2D eigenvalue weighted by Gasteiger charge is -2.15. The van der Waals surface area contributed by atoms with Crippen LogP contribution in [0.2, 0.25) is 0 Å². The molecule has 2 rings (SSSR count). The minimum Gasteiger partial charge on any atom is -0.338 e. The molecular weight excluding hydrogens is 362 g/mol. The Morgan fingerprint density at radius 3 is 2.07 bits per heavy atom. The Morgan fingerprint density at radius 2 is 1.56 bits per heavy atom. The third kappa shape index (κ3) is 5.72. The van der Waals surface area contributed by atoms with Crippen molar-refractivity contribution in [2.45, 2.75) is 39.5 Å². The molecule has 0 saturated carbocycles. The molecule has 2 amide bonds. The van der Waals surface area contributed by atoms with Crippen molar-refractivity contribution >= 4 is 27.4 Å². The molecule has 0 unspecified atom stereocenters. The van der Waals surface area contributed by atoms with Crippen LogP contribution in [-0.4, -0.2) is 21.0 Å². The van der Waals surface area contributed by atoms with Gasteiger partial charge in [-0.3, -0.25) is 4.72 Å². The van der Waals surface area contributed by atoms with Crippen LogP contribution < -0.4 is 15.4 Å². The largest absolute Gasteiger partial charge is 0.338 e. The molecule has 0 saturated heterocycles. The zero-order chi connectivity index (χ0) is 20.2. The Morgan fingerprint density at radius 1 is 1.00 bits per heavy atom. The number of anilines is 2. The second kappa shape index (κ2) is 8.43. The van der Waals surface area contributed by atoms with Gasteiger partial charge in [0.15, 0.2) is 0 Å². The number of carbonyl (C=O) groups is 1. The highest BCUT2D eigenvalue weighted by molar-refractivity contribution is 7.92. The van der Waals surface area contributed by atoms with Gasteiger partial charge < -0.3 is 10.6 Å². The van der Waals surface area contributed by atoms with E-state index in [0.717, 1.165) is 16.7 Å². The normalized spacial score (nSPS) is 11.3. The number of benzene rings is 2. The van der Waals surface area contributed by atoms with E-state index in [9.17, 15) is 13.2 Å². The zero-order valence-corrected chi connectivity index (χ0v) is 17.2. The number of aryl methyl sites for hydroxylation is 3. The van der Waals surface area contributed by atoms with E-state index in [4.69, 9.17) is 0 Å². The van der Waals surface area contributed by atoms with Gasteiger partial charge in [-0.25, -0.2) is 13.2 Å². The quantitative estimate of drug-likeness (QED) is 0.692. The summed E-state index contributed by atoms with van der Waals surface area (Å²) in [6.07, 6.45) is 0. The molecule has 0 aliphatic rings. The van der Waals surface area contributed by atoms with Crippen LogP contribution in [0.25, 0.3) is 0 Å². The van der Waals surface area contributed by atoms with Gasteiger partial charge in [0.25, 0.3) is 10.0 Å². The third-order valence-corrected chi connectivity index (χ3v) is 5.37. The van der Waals surface area contributed by atoms with Crippen molar-refractivity contribution in [3.05, 3.63) is 53.1 Å². The van der Waals surface area contributed by atoms with Crippen molar-refractivity contribution in [3.63, 3.8) is 0 Å². The van der Waals surface area contributed by atoms with Crippen molar-refractivity contribution in [3.8, 4) is 0 Å². The molecule has 2 aromatic carbocycles. The summed E-state index contributed by atoms with van der Waals surface area (Å²) in [5.41, 5.74) is 3.94. The molecule has 0 atom stereocenters. The molecule has 0 aromatic heterocycles. The van der Waals surface area contributed by atoms with E-state index in [-0.39, 0.29) is 10.9 Å². The maximum Gasteiger partial charge on any atom is 0.319 e. The van der Waals surface area contributed by atoms with Gasteiger partial charge in [0, 0.05) is 12.2 Å². The molecule has 0 bridgehead atoms. The number of carbonyl (C=O) groups excluding carboxylic acids is 1. The highest BCUT2D eigenvalue weighted by Gasteiger charge is 2.17. The second-order valence-electron chi connectivity index (χ2n) is 7.13. The number of nitrogens with one attached hydrogen (secondary N) is 3. The predicted octanol–water partition coefficient (Wildman–Crippen LogP) is 4.19. The van der Waals surface area contributed by atoms with Crippen molar-refractivity contribution in [2.75, 3.05) is 16.6 Å². The number of sulfonamides is 1. The van der Waals surface area contributed by atoms with E-state index < -0.39 is 10.0 Å². The van der Waals surface area contributed by atoms with Gasteiger partial charge in [0.05, 0.1) is 10.6 Å². The molecule has 0 aliphatic carbocycles. The smallest absolute Gasteiger partial charge is 0.319 e. The molecule has 6 nitrogen and oxygen atoms in total. The average molecular weight is 390 g/mol. The van der Waals surface area contributed by atoms with E-state index in [0.29, 0.717) is 23.8 Å². The molecular formula is C20H27N3O3S. The van der Waals surface area contributed by atoms with Gasteiger partial charge in [0.1, 0.15) is 0 Å². The SMILES string of the molecule is Cc1cc(C)c(NS(=O)(=O)c2ccc(NC(=O)NCC(C)C)cc2)c(C)c1. The van der Waals surface area contributed by atoms with Crippen molar-refractivity contribution in [1.29, 1.82) is 0 Å². The first-order valence-corrected chi connectivity index (χ1v) is 10.3. The highest BCUT2D eigenvalue weighted by Crippen LogP contribution is 2.25. The zero-order valence-electron chi connectivity index (χ0n) is 16.4.